The van der Waals surface area contributed by atoms with E-state index < -0.39 is 16.1 Å². The van der Waals surface area contributed by atoms with Crippen molar-refractivity contribution in [1.29, 1.82) is 0 Å². The maximum atomic E-state index is 13.5. The molecule has 0 aromatic heterocycles. The molecule has 2 amide bonds. The Morgan fingerprint density at radius 1 is 1.08 bits per heavy atom. The molecular formula is C29H40ClN3O4S. The quantitative estimate of drug-likeness (QED) is 0.399. The standard InChI is InChI=1S/C29H40ClN3O4S/c1-21-15-16-22(2)27(18-21)33(38(4,36)37)17-9-14-28(34)32(20-24-10-8-11-25(30)19-24)23(3)29(35)31-26-12-6-5-7-13-26/h8,10-11,15-16,18-19,23,26H,5-7,9,12-14,17,20H2,1-4H3,(H,31,35). The summed E-state index contributed by atoms with van der Waals surface area (Å²) in [6.45, 7) is 5.95. The van der Waals surface area contributed by atoms with Crippen molar-refractivity contribution in [1.82, 2.24) is 10.2 Å². The van der Waals surface area contributed by atoms with Crippen LogP contribution in [0.3, 0.4) is 0 Å². The smallest absolute Gasteiger partial charge is 0.242 e. The Labute approximate surface area is 232 Å². The van der Waals surface area contributed by atoms with Crippen LogP contribution in [0.1, 0.15) is 68.6 Å². The molecule has 7 nitrogen and oxygen atoms in total. The number of anilines is 1. The van der Waals surface area contributed by atoms with Gasteiger partial charge >= 0.3 is 0 Å². The predicted molar refractivity (Wildman–Crippen MR) is 154 cm³/mol. The fourth-order valence-electron chi connectivity index (χ4n) is 4.95. The molecule has 0 heterocycles. The fourth-order valence-corrected chi connectivity index (χ4v) is 6.18. The third-order valence-corrected chi connectivity index (χ3v) is 8.56. The molecule has 1 aliphatic rings. The summed E-state index contributed by atoms with van der Waals surface area (Å²) in [4.78, 5) is 28.2. The summed E-state index contributed by atoms with van der Waals surface area (Å²) in [6.07, 6.45) is 6.92. The van der Waals surface area contributed by atoms with Crippen LogP contribution in [0.15, 0.2) is 42.5 Å². The van der Waals surface area contributed by atoms with Crippen LogP contribution < -0.4 is 9.62 Å². The van der Waals surface area contributed by atoms with Gasteiger partial charge in [0.25, 0.3) is 0 Å². The molecule has 2 aromatic rings. The van der Waals surface area contributed by atoms with E-state index in [1.807, 2.05) is 44.2 Å². The number of hydrogen-bond acceptors (Lipinski definition) is 4. The molecule has 2 aromatic carbocycles. The van der Waals surface area contributed by atoms with Gasteiger partial charge in [-0.15, -0.1) is 0 Å². The zero-order chi connectivity index (χ0) is 27.9. The minimum atomic E-state index is -3.55. The van der Waals surface area contributed by atoms with E-state index in [0.29, 0.717) is 17.1 Å². The summed E-state index contributed by atoms with van der Waals surface area (Å²) < 4.78 is 26.6. The third kappa shape index (κ3) is 8.46. The molecule has 1 unspecified atom stereocenters. The van der Waals surface area contributed by atoms with E-state index in [1.54, 1.807) is 24.0 Å². The van der Waals surface area contributed by atoms with Crippen LogP contribution in [0.4, 0.5) is 5.69 Å². The van der Waals surface area contributed by atoms with E-state index >= 15 is 0 Å². The Morgan fingerprint density at radius 2 is 1.79 bits per heavy atom. The van der Waals surface area contributed by atoms with E-state index in [1.165, 1.54) is 17.0 Å². The molecule has 0 bridgehead atoms. The van der Waals surface area contributed by atoms with Crippen LogP contribution >= 0.6 is 11.6 Å². The van der Waals surface area contributed by atoms with Gasteiger partial charge in [0, 0.05) is 30.6 Å². The lowest BCUT2D eigenvalue weighted by Crippen LogP contribution is -2.50. The summed E-state index contributed by atoms with van der Waals surface area (Å²) in [5.74, 6) is -0.369. The van der Waals surface area contributed by atoms with Gasteiger partial charge in [-0.05, 0) is 74.9 Å². The topological polar surface area (TPSA) is 86.8 Å². The summed E-state index contributed by atoms with van der Waals surface area (Å²) in [5, 5.41) is 3.69. The lowest BCUT2D eigenvalue weighted by Gasteiger charge is -2.31. The summed E-state index contributed by atoms with van der Waals surface area (Å²) >= 11 is 6.18. The molecule has 9 heteroatoms. The van der Waals surface area contributed by atoms with E-state index in [-0.39, 0.29) is 37.4 Å². The summed E-state index contributed by atoms with van der Waals surface area (Å²) in [7, 11) is -3.55. The second kappa shape index (κ2) is 13.5. The average molecular weight is 562 g/mol. The van der Waals surface area contributed by atoms with Crippen molar-refractivity contribution in [3.63, 3.8) is 0 Å². The van der Waals surface area contributed by atoms with Crippen molar-refractivity contribution in [2.24, 2.45) is 0 Å². The molecule has 1 aliphatic carbocycles. The molecule has 3 rings (SSSR count). The van der Waals surface area contributed by atoms with Crippen LogP contribution in [0.2, 0.25) is 5.02 Å². The lowest BCUT2D eigenvalue weighted by molar-refractivity contribution is -0.141. The van der Waals surface area contributed by atoms with Crippen molar-refractivity contribution < 1.29 is 18.0 Å². The number of nitrogens with one attached hydrogen (secondary N) is 1. The largest absolute Gasteiger partial charge is 0.352 e. The molecule has 1 saturated carbocycles. The molecule has 208 valence electrons. The number of sulfonamides is 1. The number of amides is 2. The number of rotatable bonds is 11. The Hall–Kier alpha value is -2.58. The molecule has 0 saturated heterocycles. The summed E-state index contributed by atoms with van der Waals surface area (Å²) in [6, 6.07) is 12.4. The van der Waals surface area contributed by atoms with Gasteiger partial charge in [-0.25, -0.2) is 8.42 Å². The van der Waals surface area contributed by atoms with Gasteiger partial charge in [0.2, 0.25) is 21.8 Å². The van der Waals surface area contributed by atoms with Gasteiger partial charge in [0.05, 0.1) is 11.9 Å². The molecule has 1 fully saturated rings. The number of hydrogen-bond donors (Lipinski definition) is 1. The highest BCUT2D eigenvalue weighted by atomic mass is 35.5. The minimum absolute atomic E-state index is 0.110. The molecule has 1 N–H and O–H groups in total. The molecule has 38 heavy (non-hydrogen) atoms. The highest BCUT2D eigenvalue weighted by molar-refractivity contribution is 7.92. The van der Waals surface area contributed by atoms with Gasteiger partial charge in [0.1, 0.15) is 6.04 Å². The minimum Gasteiger partial charge on any atom is -0.352 e. The highest BCUT2D eigenvalue weighted by Crippen LogP contribution is 2.25. The first-order valence-electron chi connectivity index (χ1n) is 13.3. The highest BCUT2D eigenvalue weighted by Gasteiger charge is 2.28. The SMILES string of the molecule is Cc1ccc(C)c(N(CCCC(=O)N(Cc2cccc(Cl)c2)C(C)C(=O)NC2CCCCC2)S(C)(=O)=O)c1. The third-order valence-electron chi connectivity index (χ3n) is 7.15. The molecular weight excluding hydrogens is 522 g/mol. The van der Waals surface area contributed by atoms with E-state index in [0.717, 1.165) is 42.4 Å². The van der Waals surface area contributed by atoms with Crippen LogP contribution in [0.5, 0.6) is 0 Å². The van der Waals surface area contributed by atoms with Crippen LogP contribution in [0.25, 0.3) is 0 Å². The zero-order valence-electron chi connectivity index (χ0n) is 22.9. The van der Waals surface area contributed by atoms with Crippen molar-refractivity contribution in [3.05, 3.63) is 64.2 Å². The second-order valence-corrected chi connectivity index (χ2v) is 12.7. The van der Waals surface area contributed by atoms with Gasteiger partial charge < -0.3 is 10.2 Å². The maximum absolute atomic E-state index is 13.5. The van der Waals surface area contributed by atoms with Crippen LogP contribution in [-0.2, 0) is 26.2 Å². The van der Waals surface area contributed by atoms with Gasteiger partial charge in [-0.3, -0.25) is 13.9 Å². The Kier molecular flexibility index (Phi) is 10.6. The van der Waals surface area contributed by atoms with E-state index in [2.05, 4.69) is 5.32 Å². The first kappa shape index (κ1) is 30.0. The van der Waals surface area contributed by atoms with Crippen molar-refractivity contribution in [3.8, 4) is 0 Å². The molecule has 1 atom stereocenters. The van der Waals surface area contributed by atoms with E-state index in [9.17, 15) is 18.0 Å². The monoisotopic (exact) mass is 561 g/mol. The normalized spacial score (nSPS) is 15.1. The van der Waals surface area contributed by atoms with Crippen LogP contribution in [-0.4, -0.2) is 50.0 Å². The molecule has 0 spiro atoms. The van der Waals surface area contributed by atoms with Gasteiger partial charge in [-0.1, -0.05) is 55.1 Å². The van der Waals surface area contributed by atoms with Crippen molar-refractivity contribution in [2.75, 3.05) is 17.1 Å². The van der Waals surface area contributed by atoms with Gasteiger partial charge in [0.15, 0.2) is 0 Å². The number of carbonyl (C=O) groups is 2. The Morgan fingerprint density at radius 3 is 2.45 bits per heavy atom. The Bertz CT molecular complexity index is 1230. The second-order valence-electron chi connectivity index (χ2n) is 10.4. The van der Waals surface area contributed by atoms with Crippen molar-refractivity contribution in [2.45, 2.75) is 84.3 Å². The lowest BCUT2D eigenvalue weighted by atomic mass is 9.95. The number of carbonyl (C=O) groups excluding carboxylic acids is 2. The summed E-state index contributed by atoms with van der Waals surface area (Å²) in [5.41, 5.74) is 3.26. The predicted octanol–water partition coefficient (Wildman–Crippen LogP) is 5.37. The number of halogens is 1. The number of benzene rings is 2. The average Bonchev–Trinajstić information content (AvgIpc) is 2.86. The number of nitrogens with zero attached hydrogens (tertiary/aromatic N) is 2. The van der Waals surface area contributed by atoms with Gasteiger partial charge in [-0.2, -0.15) is 0 Å². The zero-order valence-corrected chi connectivity index (χ0v) is 24.4. The number of aryl methyl sites for hydroxylation is 2. The molecule has 0 aliphatic heterocycles. The fraction of sp³-hybridized carbons (Fsp3) is 0.517. The maximum Gasteiger partial charge on any atom is 0.242 e. The first-order chi connectivity index (χ1) is 18.0. The van der Waals surface area contributed by atoms with E-state index in [4.69, 9.17) is 11.6 Å². The van der Waals surface area contributed by atoms with Crippen LogP contribution in [0, 0.1) is 13.8 Å². The van der Waals surface area contributed by atoms with Crippen molar-refractivity contribution >= 4 is 39.1 Å². The Balaban J connectivity index is 1.74. The first-order valence-corrected chi connectivity index (χ1v) is 15.6. The molecule has 0 radical (unpaired) electrons.